The first-order chi connectivity index (χ1) is 5.45. The number of nitrogens with one attached hydrogen (secondary N) is 1. The van der Waals surface area contributed by atoms with Gasteiger partial charge in [-0.2, -0.15) is 0 Å². The van der Waals surface area contributed by atoms with Crippen molar-refractivity contribution in [3.63, 3.8) is 0 Å². The van der Waals surface area contributed by atoms with Gasteiger partial charge >= 0.3 is 0 Å². The van der Waals surface area contributed by atoms with Gasteiger partial charge in [-0.3, -0.25) is 0 Å². The molecular formula is C7H17NO3S. The van der Waals surface area contributed by atoms with Gasteiger partial charge in [-0.15, -0.1) is 0 Å². The van der Waals surface area contributed by atoms with E-state index in [2.05, 4.69) is 4.72 Å². The van der Waals surface area contributed by atoms with Crippen molar-refractivity contribution in [3.05, 3.63) is 0 Å². The molecule has 0 heterocycles. The van der Waals surface area contributed by atoms with Crippen molar-refractivity contribution in [2.75, 3.05) is 20.8 Å². The van der Waals surface area contributed by atoms with Crippen LogP contribution >= 0.6 is 0 Å². The molecule has 0 aromatic rings. The van der Waals surface area contributed by atoms with Gasteiger partial charge in [0.1, 0.15) is 5.25 Å². The standard InChI is InChI=1S/C7H17NO3S/c1-6(2)7(5-11-4)12(9,10)8-3/h6-8H,5H2,1-4H3. The van der Waals surface area contributed by atoms with Crippen LogP contribution in [0.4, 0.5) is 0 Å². The van der Waals surface area contributed by atoms with Gasteiger partial charge < -0.3 is 4.74 Å². The Hall–Kier alpha value is -0.130. The minimum absolute atomic E-state index is 0.0578. The highest BCUT2D eigenvalue weighted by Crippen LogP contribution is 2.10. The zero-order chi connectivity index (χ0) is 9.78. The summed E-state index contributed by atoms with van der Waals surface area (Å²) in [6.07, 6.45) is 0. The molecule has 0 aromatic carbocycles. The molecule has 1 N–H and O–H groups in total. The Labute approximate surface area is 74.4 Å². The number of rotatable bonds is 5. The Kier molecular flexibility index (Phi) is 4.74. The summed E-state index contributed by atoms with van der Waals surface area (Å²) < 4.78 is 29.8. The summed E-state index contributed by atoms with van der Waals surface area (Å²) in [7, 11) is -0.279. The largest absolute Gasteiger partial charge is 0.383 e. The van der Waals surface area contributed by atoms with Crippen molar-refractivity contribution in [3.8, 4) is 0 Å². The summed E-state index contributed by atoms with van der Waals surface area (Å²) in [6.45, 7) is 3.96. The van der Waals surface area contributed by atoms with Crippen molar-refractivity contribution in [1.29, 1.82) is 0 Å². The molecule has 1 atom stereocenters. The average molecular weight is 195 g/mol. The quantitative estimate of drug-likeness (QED) is 0.682. The molecular weight excluding hydrogens is 178 g/mol. The van der Waals surface area contributed by atoms with E-state index < -0.39 is 15.3 Å². The van der Waals surface area contributed by atoms with Crippen LogP contribution in [0.15, 0.2) is 0 Å². The fourth-order valence-electron chi connectivity index (χ4n) is 0.956. The van der Waals surface area contributed by atoms with Crippen LogP contribution in [-0.4, -0.2) is 34.4 Å². The molecule has 5 heteroatoms. The Morgan fingerprint density at radius 3 is 2.17 bits per heavy atom. The molecule has 74 valence electrons. The summed E-state index contributed by atoms with van der Waals surface area (Å²) in [4.78, 5) is 0. The molecule has 0 radical (unpaired) electrons. The number of methoxy groups -OCH3 is 1. The maximum absolute atomic E-state index is 11.3. The van der Waals surface area contributed by atoms with Crippen LogP contribution in [0, 0.1) is 5.92 Å². The lowest BCUT2D eigenvalue weighted by Gasteiger charge is -2.19. The number of hydrogen-bond donors (Lipinski definition) is 1. The first-order valence-corrected chi connectivity index (χ1v) is 5.41. The lowest BCUT2D eigenvalue weighted by molar-refractivity contribution is 0.184. The fraction of sp³-hybridized carbons (Fsp3) is 1.00. The molecule has 12 heavy (non-hydrogen) atoms. The van der Waals surface area contributed by atoms with E-state index in [9.17, 15) is 8.42 Å². The lowest BCUT2D eigenvalue weighted by atomic mass is 10.1. The average Bonchev–Trinajstić information content (AvgIpc) is 1.99. The Bertz CT molecular complexity index is 211. The second kappa shape index (κ2) is 4.79. The highest BCUT2D eigenvalue weighted by molar-refractivity contribution is 7.90. The molecule has 0 fully saturated rings. The van der Waals surface area contributed by atoms with E-state index in [1.54, 1.807) is 0 Å². The van der Waals surface area contributed by atoms with Crippen LogP contribution in [0.3, 0.4) is 0 Å². The van der Waals surface area contributed by atoms with E-state index in [-0.39, 0.29) is 12.5 Å². The molecule has 0 aliphatic carbocycles. The smallest absolute Gasteiger partial charge is 0.216 e. The summed E-state index contributed by atoms with van der Waals surface area (Å²) in [5.74, 6) is 0.0578. The summed E-state index contributed by atoms with van der Waals surface area (Å²) >= 11 is 0. The van der Waals surface area contributed by atoms with Gasteiger partial charge in [0.15, 0.2) is 0 Å². The number of ether oxygens (including phenoxy) is 1. The normalized spacial score (nSPS) is 15.1. The highest BCUT2D eigenvalue weighted by Gasteiger charge is 2.26. The van der Waals surface area contributed by atoms with Gasteiger partial charge in [0, 0.05) is 7.11 Å². The molecule has 0 saturated carbocycles. The SMILES string of the molecule is CNS(=O)(=O)C(COC)C(C)C. The second-order valence-corrected chi connectivity index (χ2v) is 5.09. The van der Waals surface area contributed by atoms with Crippen molar-refractivity contribution < 1.29 is 13.2 Å². The van der Waals surface area contributed by atoms with Gasteiger partial charge in [-0.1, -0.05) is 13.8 Å². The Morgan fingerprint density at radius 2 is 1.92 bits per heavy atom. The maximum Gasteiger partial charge on any atom is 0.216 e. The molecule has 1 unspecified atom stereocenters. The van der Waals surface area contributed by atoms with Crippen molar-refractivity contribution in [2.45, 2.75) is 19.1 Å². The predicted octanol–water partition coefficient (Wildman–Crippen LogP) is 0.207. The topological polar surface area (TPSA) is 55.4 Å². The monoisotopic (exact) mass is 195 g/mol. The number of sulfonamides is 1. The highest BCUT2D eigenvalue weighted by atomic mass is 32.2. The second-order valence-electron chi connectivity index (χ2n) is 2.99. The number of hydrogen-bond acceptors (Lipinski definition) is 3. The third kappa shape index (κ3) is 3.08. The third-order valence-corrected chi connectivity index (χ3v) is 3.80. The fourth-order valence-corrected chi connectivity index (χ4v) is 2.29. The molecule has 4 nitrogen and oxygen atoms in total. The van der Waals surface area contributed by atoms with Crippen LogP contribution < -0.4 is 4.72 Å². The molecule has 0 bridgehead atoms. The minimum atomic E-state index is -3.20. The molecule has 0 saturated heterocycles. The van der Waals surface area contributed by atoms with Gasteiger partial charge in [-0.25, -0.2) is 13.1 Å². The minimum Gasteiger partial charge on any atom is -0.383 e. The third-order valence-electron chi connectivity index (χ3n) is 1.76. The van der Waals surface area contributed by atoms with E-state index in [1.165, 1.54) is 14.2 Å². The van der Waals surface area contributed by atoms with Crippen molar-refractivity contribution >= 4 is 10.0 Å². The van der Waals surface area contributed by atoms with Crippen LogP contribution in [0.1, 0.15) is 13.8 Å². The van der Waals surface area contributed by atoms with E-state index in [0.717, 1.165) is 0 Å². The van der Waals surface area contributed by atoms with Crippen LogP contribution in [0.25, 0.3) is 0 Å². The van der Waals surface area contributed by atoms with Crippen LogP contribution in [0.5, 0.6) is 0 Å². The summed E-state index contributed by atoms with van der Waals surface area (Å²) in [6, 6.07) is 0. The van der Waals surface area contributed by atoms with Crippen LogP contribution in [-0.2, 0) is 14.8 Å². The van der Waals surface area contributed by atoms with Crippen LogP contribution in [0.2, 0.25) is 0 Å². The Balaban J connectivity index is 4.51. The first kappa shape index (κ1) is 11.9. The molecule has 0 spiro atoms. The molecule has 0 aliphatic heterocycles. The van der Waals surface area contributed by atoms with Gasteiger partial charge in [0.25, 0.3) is 0 Å². The zero-order valence-corrected chi connectivity index (χ0v) is 8.81. The molecule has 0 amide bonds. The van der Waals surface area contributed by atoms with Crippen molar-refractivity contribution in [2.24, 2.45) is 5.92 Å². The summed E-state index contributed by atoms with van der Waals surface area (Å²) in [5, 5.41) is -0.465. The zero-order valence-electron chi connectivity index (χ0n) is 7.99. The van der Waals surface area contributed by atoms with Gasteiger partial charge in [-0.05, 0) is 13.0 Å². The van der Waals surface area contributed by atoms with Gasteiger partial charge in [0.05, 0.1) is 6.61 Å². The van der Waals surface area contributed by atoms with E-state index in [4.69, 9.17) is 4.74 Å². The van der Waals surface area contributed by atoms with E-state index >= 15 is 0 Å². The summed E-state index contributed by atoms with van der Waals surface area (Å²) in [5.41, 5.74) is 0. The van der Waals surface area contributed by atoms with E-state index in [0.29, 0.717) is 0 Å². The lowest BCUT2D eigenvalue weighted by Crippen LogP contribution is -2.38. The molecule has 0 rings (SSSR count). The molecule has 0 aliphatic rings. The molecule has 0 aromatic heterocycles. The predicted molar refractivity (Wildman–Crippen MR) is 48.5 cm³/mol. The van der Waals surface area contributed by atoms with Crippen molar-refractivity contribution in [1.82, 2.24) is 4.72 Å². The maximum atomic E-state index is 11.3. The van der Waals surface area contributed by atoms with E-state index in [1.807, 2.05) is 13.8 Å². The first-order valence-electron chi connectivity index (χ1n) is 3.87. The van der Waals surface area contributed by atoms with Gasteiger partial charge in [0.2, 0.25) is 10.0 Å². The Morgan fingerprint density at radius 1 is 1.42 bits per heavy atom.